The molecule has 2 rings (SSSR count). The maximum atomic E-state index is 12.6. The van der Waals surface area contributed by atoms with Gasteiger partial charge in [-0.1, -0.05) is 0 Å². The molecular weight excluding hydrogens is 245 g/mol. The van der Waals surface area contributed by atoms with Gasteiger partial charge in [0.15, 0.2) is 0 Å². The van der Waals surface area contributed by atoms with E-state index in [0.29, 0.717) is 5.69 Å². The van der Waals surface area contributed by atoms with Gasteiger partial charge in [0.05, 0.1) is 17.6 Å². The Labute approximate surface area is 100 Å². The van der Waals surface area contributed by atoms with Gasteiger partial charge in [-0.2, -0.15) is 13.2 Å². The van der Waals surface area contributed by atoms with Crippen molar-refractivity contribution >= 4 is 5.84 Å². The smallest absolute Gasteiger partial charge is 0.384 e. The van der Waals surface area contributed by atoms with E-state index in [9.17, 15) is 13.2 Å². The van der Waals surface area contributed by atoms with Gasteiger partial charge in [0, 0.05) is 18.0 Å². The molecule has 0 spiro atoms. The summed E-state index contributed by atoms with van der Waals surface area (Å²) in [5, 5.41) is 7.36. The number of benzene rings is 1. The van der Waals surface area contributed by atoms with Crippen LogP contribution in [0.5, 0.6) is 0 Å². The molecule has 2 aromatic rings. The molecule has 1 aromatic heterocycles. The third-order valence-electron chi connectivity index (χ3n) is 2.40. The van der Waals surface area contributed by atoms with Crippen molar-refractivity contribution in [3.63, 3.8) is 0 Å². The predicted molar refractivity (Wildman–Crippen MR) is 59.6 cm³/mol. The van der Waals surface area contributed by atoms with E-state index in [1.807, 2.05) is 0 Å². The number of amidine groups is 1. The normalized spacial score (nSPS) is 11.5. The SMILES string of the molecule is N=C(N)c1cc(C(F)(F)F)ccc1-n1ccnc1. The zero-order valence-corrected chi connectivity index (χ0v) is 9.07. The minimum absolute atomic E-state index is 0.0165. The number of nitrogens with zero attached hydrogens (tertiary/aromatic N) is 2. The zero-order chi connectivity index (χ0) is 13.3. The monoisotopic (exact) mass is 254 g/mol. The van der Waals surface area contributed by atoms with E-state index < -0.39 is 17.6 Å². The standard InChI is InChI=1S/C11H9F3N4/c12-11(13,14)7-1-2-9(8(5-7)10(15)16)18-4-3-17-6-18/h1-6H,(H3,15,16). The van der Waals surface area contributed by atoms with Crippen LogP contribution >= 0.6 is 0 Å². The number of nitrogens with two attached hydrogens (primary N) is 1. The molecule has 0 aliphatic rings. The van der Waals surface area contributed by atoms with E-state index in [4.69, 9.17) is 11.1 Å². The topological polar surface area (TPSA) is 67.7 Å². The number of nitrogen functional groups attached to an aromatic ring is 1. The molecule has 0 amide bonds. The average molecular weight is 254 g/mol. The van der Waals surface area contributed by atoms with Gasteiger partial charge in [-0.3, -0.25) is 5.41 Å². The van der Waals surface area contributed by atoms with Crippen LogP contribution in [0.2, 0.25) is 0 Å². The molecule has 94 valence electrons. The first-order valence-electron chi connectivity index (χ1n) is 4.93. The van der Waals surface area contributed by atoms with Crippen LogP contribution in [0, 0.1) is 5.41 Å². The second-order valence-electron chi connectivity index (χ2n) is 3.61. The highest BCUT2D eigenvalue weighted by atomic mass is 19.4. The Morgan fingerprint density at radius 3 is 2.56 bits per heavy atom. The van der Waals surface area contributed by atoms with Crippen molar-refractivity contribution in [2.75, 3.05) is 0 Å². The highest BCUT2D eigenvalue weighted by Crippen LogP contribution is 2.31. The van der Waals surface area contributed by atoms with E-state index >= 15 is 0 Å². The van der Waals surface area contributed by atoms with Crippen molar-refractivity contribution < 1.29 is 13.2 Å². The number of hydrogen-bond donors (Lipinski definition) is 2. The molecule has 0 bridgehead atoms. The maximum Gasteiger partial charge on any atom is 0.416 e. The van der Waals surface area contributed by atoms with Crippen LogP contribution < -0.4 is 5.73 Å². The van der Waals surface area contributed by atoms with Gasteiger partial charge in [-0.25, -0.2) is 4.98 Å². The van der Waals surface area contributed by atoms with Crippen LogP contribution in [0.4, 0.5) is 13.2 Å². The van der Waals surface area contributed by atoms with Gasteiger partial charge in [-0.15, -0.1) is 0 Å². The fourth-order valence-electron chi connectivity index (χ4n) is 1.55. The van der Waals surface area contributed by atoms with Gasteiger partial charge in [-0.05, 0) is 18.2 Å². The first kappa shape index (κ1) is 12.2. The lowest BCUT2D eigenvalue weighted by Crippen LogP contribution is -2.16. The van der Waals surface area contributed by atoms with Crippen LogP contribution in [0.1, 0.15) is 11.1 Å². The second kappa shape index (κ2) is 4.17. The quantitative estimate of drug-likeness (QED) is 0.637. The summed E-state index contributed by atoms with van der Waals surface area (Å²) in [4.78, 5) is 3.80. The highest BCUT2D eigenvalue weighted by molar-refractivity contribution is 5.98. The molecule has 7 heteroatoms. The summed E-state index contributed by atoms with van der Waals surface area (Å²) in [6.07, 6.45) is 0.0172. The molecule has 0 aliphatic carbocycles. The van der Waals surface area contributed by atoms with Crippen molar-refractivity contribution in [3.05, 3.63) is 48.0 Å². The number of nitrogens with one attached hydrogen (secondary N) is 1. The van der Waals surface area contributed by atoms with Gasteiger partial charge >= 0.3 is 6.18 Å². The molecule has 0 saturated carbocycles. The molecule has 4 nitrogen and oxygen atoms in total. The summed E-state index contributed by atoms with van der Waals surface area (Å²) < 4.78 is 39.2. The Morgan fingerprint density at radius 2 is 2.06 bits per heavy atom. The van der Waals surface area contributed by atoms with E-state index in [1.165, 1.54) is 23.2 Å². The minimum atomic E-state index is -4.46. The van der Waals surface area contributed by atoms with Gasteiger partial charge < -0.3 is 10.3 Å². The molecule has 1 heterocycles. The van der Waals surface area contributed by atoms with Crippen LogP contribution in [0.15, 0.2) is 36.9 Å². The molecule has 0 unspecified atom stereocenters. The molecule has 3 N–H and O–H groups in total. The second-order valence-corrected chi connectivity index (χ2v) is 3.61. The number of hydrogen-bond acceptors (Lipinski definition) is 2. The number of aromatic nitrogens is 2. The Balaban J connectivity index is 2.59. The van der Waals surface area contributed by atoms with Gasteiger partial charge in [0.1, 0.15) is 5.84 Å². The van der Waals surface area contributed by atoms with Crippen molar-refractivity contribution in [2.45, 2.75) is 6.18 Å². The fourth-order valence-corrected chi connectivity index (χ4v) is 1.55. The molecule has 1 aromatic carbocycles. The maximum absolute atomic E-state index is 12.6. The third kappa shape index (κ3) is 2.20. The lowest BCUT2D eigenvalue weighted by Gasteiger charge is -2.13. The number of imidazole rings is 1. The Kier molecular flexibility index (Phi) is 2.82. The molecule has 0 atom stereocenters. The van der Waals surface area contributed by atoms with Gasteiger partial charge in [0.2, 0.25) is 0 Å². The molecule has 0 aliphatic heterocycles. The zero-order valence-electron chi connectivity index (χ0n) is 9.07. The van der Waals surface area contributed by atoms with E-state index in [2.05, 4.69) is 4.98 Å². The molecule has 0 radical (unpaired) electrons. The molecule has 18 heavy (non-hydrogen) atoms. The Morgan fingerprint density at radius 1 is 1.33 bits per heavy atom. The van der Waals surface area contributed by atoms with Crippen molar-refractivity contribution in [2.24, 2.45) is 5.73 Å². The van der Waals surface area contributed by atoms with Gasteiger partial charge in [0.25, 0.3) is 0 Å². The highest BCUT2D eigenvalue weighted by Gasteiger charge is 2.31. The Hall–Kier alpha value is -2.31. The number of rotatable bonds is 2. The summed E-state index contributed by atoms with van der Waals surface area (Å²) in [7, 11) is 0. The summed E-state index contributed by atoms with van der Waals surface area (Å²) in [6, 6.07) is 3.07. The Bertz CT molecular complexity index is 572. The van der Waals surface area contributed by atoms with E-state index in [1.54, 1.807) is 6.20 Å². The van der Waals surface area contributed by atoms with Crippen molar-refractivity contribution in [3.8, 4) is 5.69 Å². The first-order chi connectivity index (χ1) is 8.39. The molecule has 0 fully saturated rings. The van der Waals surface area contributed by atoms with Crippen molar-refractivity contribution in [1.82, 2.24) is 9.55 Å². The lowest BCUT2D eigenvalue weighted by atomic mass is 10.1. The minimum Gasteiger partial charge on any atom is -0.384 e. The van der Waals surface area contributed by atoms with Crippen molar-refractivity contribution in [1.29, 1.82) is 5.41 Å². The van der Waals surface area contributed by atoms with Crippen LogP contribution in [-0.4, -0.2) is 15.4 Å². The van der Waals surface area contributed by atoms with Crippen LogP contribution in [0.3, 0.4) is 0 Å². The van der Waals surface area contributed by atoms with E-state index in [0.717, 1.165) is 12.1 Å². The summed E-state index contributed by atoms with van der Waals surface area (Å²) in [5.41, 5.74) is 4.88. The number of halogens is 3. The number of alkyl halides is 3. The van der Waals surface area contributed by atoms with Crippen LogP contribution in [-0.2, 0) is 6.18 Å². The van der Waals surface area contributed by atoms with Crippen LogP contribution in [0.25, 0.3) is 5.69 Å². The molecular formula is C11H9F3N4. The first-order valence-corrected chi connectivity index (χ1v) is 4.93. The molecule has 0 saturated heterocycles. The lowest BCUT2D eigenvalue weighted by molar-refractivity contribution is -0.137. The third-order valence-corrected chi connectivity index (χ3v) is 2.40. The predicted octanol–water partition coefficient (Wildman–Crippen LogP) is 2.18. The summed E-state index contributed by atoms with van der Waals surface area (Å²) >= 11 is 0. The fraction of sp³-hybridized carbons (Fsp3) is 0.0909. The summed E-state index contributed by atoms with van der Waals surface area (Å²) in [5.74, 6) is -0.426. The average Bonchev–Trinajstić information content (AvgIpc) is 2.80. The largest absolute Gasteiger partial charge is 0.416 e. The summed E-state index contributed by atoms with van der Waals surface area (Å²) in [6.45, 7) is 0. The van der Waals surface area contributed by atoms with E-state index in [-0.39, 0.29) is 5.56 Å².